The van der Waals surface area contributed by atoms with Crippen molar-refractivity contribution in [2.45, 2.75) is 19.8 Å². The van der Waals surface area contributed by atoms with E-state index in [2.05, 4.69) is 40.7 Å². The van der Waals surface area contributed by atoms with Gasteiger partial charge < -0.3 is 15.5 Å². The molecule has 0 atom stereocenters. The van der Waals surface area contributed by atoms with Crippen molar-refractivity contribution in [3.05, 3.63) is 59.2 Å². The van der Waals surface area contributed by atoms with Crippen LogP contribution in [0.2, 0.25) is 0 Å². The smallest absolute Gasteiger partial charge is 0.251 e. The van der Waals surface area contributed by atoms with Crippen LogP contribution < -0.4 is 15.5 Å². The van der Waals surface area contributed by atoms with Crippen molar-refractivity contribution in [3.63, 3.8) is 0 Å². The van der Waals surface area contributed by atoms with Crippen LogP contribution in [0.15, 0.2) is 42.5 Å². The van der Waals surface area contributed by atoms with Crippen molar-refractivity contribution < 1.29 is 9.59 Å². The molecule has 3 rings (SSSR count). The molecule has 5 nitrogen and oxygen atoms in total. The Bertz CT molecular complexity index is 801. The van der Waals surface area contributed by atoms with Gasteiger partial charge in [-0.3, -0.25) is 9.59 Å². The predicted octanol–water partition coefficient (Wildman–Crippen LogP) is 2.75. The summed E-state index contributed by atoms with van der Waals surface area (Å²) in [5.41, 5.74) is 4.86. The third-order valence-corrected chi connectivity index (χ3v) is 4.42. The predicted molar refractivity (Wildman–Crippen MR) is 100 cm³/mol. The van der Waals surface area contributed by atoms with Crippen LogP contribution in [0.25, 0.3) is 0 Å². The van der Waals surface area contributed by atoms with Gasteiger partial charge in [0.05, 0.1) is 6.54 Å². The fraction of sp³-hybridized carbons (Fsp3) is 0.300. The largest absolute Gasteiger partial charge is 0.362 e. The number of amides is 2. The highest BCUT2D eigenvalue weighted by molar-refractivity contribution is 5.98. The lowest BCUT2D eigenvalue weighted by Crippen LogP contribution is -2.36. The van der Waals surface area contributed by atoms with Crippen LogP contribution in [-0.2, 0) is 11.2 Å². The first kappa shape index (κ1) is 17.0. The first-order chi connectivity index (χ1) is 12.1. The van der Waals surface area contributed by atoms with E-state index in [0.29, 0.717) is 17.8 Å². The number of rotatable bonds is 4. The number of nitrogens with zero attached hydrogens (tertiary/aromatic N) is 1. The zero-order chi connectivity index (χ0) is 17.8. The minimum Gasteiger partial charge on any atom is -0.362 e. The number of aryl methyl sites for hydroxylation is 2. The molecule has 2 aromatic carbocycles. The van der Waals surface area contributed by atoms with Crippen molar-refractivity contribution in [2.24, 2.45) is 0 Å². The number of fused-ring (bicyclic) bond motifs is 1. The van der Waals surface area contributed by atoms with Gasteiger partial charge >= 0.3 is 0 Å². The van der Waals surface area contributed by atoms with Gasteiger partial charge in [0, 0.05) is 30.5 Å². The third-order valence-electron chi connectivity index (χ3n) is 4.42. The average Bonchev–Trinajstić information content (AvgIpc) is 2.61. The molecule has 0 bridgehead atoms. The van der Waals surface area contributed by atoms with Gasteiger partial charge in [0.25, 0.3) is 5.91 Å². The first-order valence-electron chi connectivity index (χ1n) is 8.53. The summed E-state index contributed by atoms with van der Waals surface area (Å²) in [5, 5.41) is 5.47. The van der Waals surface area contributed by atoms with Crippen molar-refractivity contribution in [1.82, 2.24) is 5.32 Å². The molecule has 1 aliphatic heterocycles. The molecule has 0 spiro atoms. The zero-order valence-corrected chi connectivity index (χ0v) is 14.6. The molecule has 25 heavy (non-hydrogen) atoms. The van der Waals surface area contributed by atoms with Crippen molar-refractivity contribution >= 4 is 23.2 Å². The van der Waals surface area contributed by atoms with Crippen LogP contribution in [0.5, 0.6) is 0 Å². The highest BCUT2D eigenvalue weighted by Crippen LogP contribution is 2.27. The van der Waals surface area contributed by atoms with E-state index < -0.39 is 0 Å². The summed E-state index contributed by atoms with van der Waals surface area (Å²) in [4.78, 5) is 26.3. The molecule has 0 saturated heterocycles. The maximum absolute atomic E-state index is 12.5. The highest BCUT2D eigenvalue weighted by atomic mass is 16.2. The molecule has 1 heterocycles. The molecule has 0 aliphatic carbocycles. The Labute approximate surface area is 148 Å². The number of carbonyl (C=O) groups is 2. The quantitative estimate of drug-likeness (QED) is 0.902. The van der Waals surface area contributed by atoms with E-state index in [1.807, 2.05) is 0 Å². The molecule has 2 N–H and O–H groups in total. The van der Waals surface area contributed by atoms with Gasteiger partial charge in [0.15, 0.2) is 0 Å². The molecule has 0 fully saturated rings. The van der Waals surface area contributed by atoms with Gasteiger partial charge in [-0.15, -0.1) is 0 Å². The number of hydrogen-bond donors (Lipinski definition) is 2. The fourth-order valence-electron chi connectivity index (χ4n) is 3.22. The molecule has 0 saturated carbocycles. The molecule has 2 amide bonds. The Kier molecular flexibility index (Phi) is 5.03. The summed E-state index contributed by atoms with van der Waals surface area (Å²) in [6.45, 7) is 3.27. The lowest BCUT2D eigenvalue weighted by atomic mass is 9.99. The molecule has 0 aromatic heterocycles. The summed E-state index contributed by atoms with van der Waals surface area (Å²) in [6, 6.07) is 13.3. The van der Waals surface area contributed by atoms with Crippen LogP contribution in [-0.4, -0.2) is 32.0 Å². The summed E-state index contributed by atoms with van der Waals surface area (Å²) < 4.78 is 0. The molecule has 0 radical (unpaired) electrons. The van der Waals surface area contributed by atoms with Gasteiger partial charge in [-0.1, -0.05) is 23.8 Å². The average molecular weight is 337 g/mol. The van der Waals surface area contributed by atoms with E-state index in [-0.39, 0.29) is 11.8 Å². The van der Waals surface area contributed by atoms with Gasteiger partial charge in [0.2, 0.25) is 5.91 Å². The lowest BCUT2D eigenvalue weighted by Gasteiger charge is -2.31. The van der Waals surface area contributed by atoms with E-state index in [1.165, 1.54) is 11.1 Å². The molecular weight excluding hydrogens is 314 g/mol. The first-order valence-corrected chi connectivity index (χ1v) is 8.53. The lowest BCUT2D eigenvalue weighted by molar-refractivity contribution is -0.115. The second-order valence-electron chi connectivity index (χ2n) is 6.37. The van der Waals surface area contributed by atoms with Crippen LogP contribution in [0.1, 0.15) is 27.9 Å². The monoisotopic (exact) mass is 337 g/mol. The van der Waals surface area contributed by atoms with Crippen molar-refractivity contribution in [2.75, 3.05) is 30.4 Å². The summed E-state index contributed by atoms with van der Waals surface area (Å²) >= 11 is 0. The standard InChI is InChI=1S/C20H23N3O2/c1-14-8-9-18-15(11-14)6-4-10-23(18)13-19(24)22-17-7-3-5-16(12-17)20(25)21-2/h3,5,7-9,11-12H,4,6,10,13H2,1-2H3,(H,21,25)(H,22,24). The Morgan fingerprint density at radius 2 is 2.00 bits per heavy atom. The normalized spacial score (nSPS) is 13.1. The second-order valence-corrected chi connectivity index (χ2v) is 6.37. The molecule has 2 aromatic rings. The van der Waals surface area contributed by atoms with Gasteiger partial charge in [-0.2, -0.15) is 0 Å². The number of benzene rings is 2. The summed E-state index contributed by atoms with van der Waals surface area (Å²) in [6.07, 6.45) is 2.11. The molecule has 130 valence electrons. The van der Waals surface area contributed by atoms with Gasteiger partial charge in [-0.05, 0) is 49.6 Å². The Morgan fingerprint density at radius 1 is 1.16 bits per heavy atom. The molecule has 5 heteroatoms. The van der Waals surface area contributed by atoms with Gasteiger partial charge in [0.1, 0.15) is 0 Å². The third kappa shape index (κ3) is 3.99. The van der Waals surface area contributed by atoms with E-state index in [1.54, 1.807) is 31.3 Å². The number of carbonyl (C=O) groups excluding carboxylic acids is 2. The topological polar surface area (TPSA) is 61.4 Å². The Morgan fingerprint density at radius 3 is 2.80 bits per heavy atom. The van der Waals surface area contributed by atoms with Crippen molar-refractivity contribution in [1.29, 1.82) is 0 Å². The van der Waals surface area contributed by atoms with E-state index in [9.17, 15) is 9.59 Å². The van der Waals surface area contributed by atoms with E-state index in [0.717, 1.165) is 25.1 Å². The second kappa shape index (κ2) is 7.38. The Balaban J connectivity index is 1.69. The highest BCUT2D eigenvalue weighted by Gasteiger charge is 2.19. The van der Waals surface area contributed by atoms with E-state index in [4.69, 9.17) is 0 Å². The van der Waals surface area contributed by atoms with Crippen LogP contribution >= 0.6 is 0 Å². The minimum absolute atomic E-state index is 0.0810. The number of anilines is 2. The van der Waals surface area contributed by atoms with Crippen LogP contribution in [0.3, 0.4) is 0 Å². The fourth-order valence-corrected chi connectivity index (χ4v) is 3.22. The Hall–Kier alpha value is -2.82. The molecular formula is C20H23N3O2. The number of hydrogen-bond acceptors (Lipinski definition) is 3. The number of nitrogens with one attached hydrogen (secondary N) is 2. The van der Waals surface area contributed by atoms with Gasteiger partial charge in [-0.25, -0.2) is 0 Å². The minimum atomic E-state index is -0.170. The zero-order valence-electron chi connectivity index (χ0n) is 14.6. The molecule has 1 aliphatic rings. The van der Waals surface area contributed by atoms with E-state index >= 15 is 0 Å². The summed E-state index contributed by atoms with van der Waals surface area (Å²) in [5.74, 6) is -0.251. The maximum Gasteiger partial charge on any atom is 0.251 e. The summed E-state index contributed by atoms with van der Waals surface area (Å²) in [7, 11) is 1.59. The van der Waals surface area contributed by atoms with Crippen LogP contribution in [0.4, 0.5) is 11.4 Å². The maximum atomic E-state index is 12.5. The molecule has 0 unspecified atom stereocenters. The SMILES string of the molecule is CNC(=O)c1cccc(NC(=O)CN2CCCc3cc(C)ccc32)c1. The van der Waals surface area contributed by atoms with Crippen LogP contribution in [0, 0.1) is 6.92 Å². The van der Waals surface area contributed by atoms with Crippen molar-refractivity contribution in [3.8, 4) is 0 Å².